The Bertz CT molecular complexity index is 1990. The lowest BCUT2D eigenvalue weighted by atomic mass is 9.94. The molecule has 1 saturated heterocycles. The standard InChI is InChI=1S/C39H41Cl2N5O6/c1-22(10-17-35(48)49)43-20-24-18-31(40)39(46-38(24)51-3)52-33-15-13-27-26(6-4-7-28(27)33)29-8-5-9-30(36(29)41)32-14-11-23(37(45-32)50-2)19-42-21-25-12-16-34(47)44-25/h4-9,11,14,18,25,33,42-43H,1,10,12-13,15-17,19-21H2,2-3H3,(H,44,47)(H,48,49)/t25-,33-/m0/s1. The summed E-state index contributed by atoms with van der Waals surface area (Å²) in [6, 6.07) is 17.9. The molecular weight excluding hydrogens is 705 g/mol. The van der Waals surface area contributed by atoms with E-state index in [0.29, 0.717) is 71.2 Å². The summed E-state index contributed by atoms with van der Waals surface area (Å²) in [5.41, 5.74) is 7.76. The molecule has 272 valence electrons. The number of rotatable bonds is 16. The predicted molar refractivity (Wildman–Crippen MR) is 200 cm³/mol. The van der Waals surface area contributed by atoms with Gasteiger partial charge < -0.3 is 35.3 Å². The van der Waals surface area contributed by atoms with Crippen LogP contribution in [0.25, 0.3) is 22.4 Å². The maximum Gasteiger partial charge on any atom is 0.303 e. The number of amides is 1. The number of allylic oxidation sites excluding steroid dienone is 1. The van der Waals surface area contributed by atoms with E-state index in [9.17, 15) is 9.59 Å². The van der Waals surface area contributed by atoms with Crippen molar-refractivity contribution in [2.24, 2.45) is 0 Å². The first-order chi connectivity index (χ1) is 25.1. The summed E-state index contributed by atoms with van der Waals surface area (Å²) in [7, 11) is 3.13. The van der Waals surface area contributed by atoms with Crippen molar-refractivity contribution in [1.82, 2.24) is 25.9 Å². The summed E-state index contributed by atoms with van der Waals surface area (Å²) in [5, 5.41) is 19.3. The molecule has 3 heterocycles. The number of pyridine rings is 2. The summed E-state index contributed by atoms with van der Waals surface area (Å²) in [4.78, 5) is 31.8. The molecule has 0 bridgehead atoms. The highest BCUT2D eigenvalue weighted by atomic mass is 35.5. The Balaban J connectivity index is 1.18. The number of carbonyl (C=O) groups is 2. The molecule has 2 aromatic carbocycles. The fraction of sp³-hybridized carbons (Fsp3) is 0.333. The summed E-state index contributed by atoms with van der Waals surface area (Å²) < 4.78 is 17.6. The average molecular weight is 747 g/mol. The number of carboxylic acid groups (broad SMARTS) is 1. The van der Waals surface area contributed by atoms with Gasteiger partial charge in [0.2, 0.25) is 23.5 Å². The van der Waals surface area contributed by atoms with Gasteiger partial charge in [-0.3, -0.25) is 9.59 Å². The van der Waals surface area contributed by atoms with Crippen LogP contribution in [0.2, 0.25) is 10.0 Å². The SMILES string of the molecule is C=C(CCC(=O)O)NCc1cc(Cl)c(O[C@H]2CCc3c(-c4cccc(-c5ccc(CNC[C@@H]6CCC(=O)N6)c(OC)n5)c4Cl)cccc32)nc1OC. The topological polar surface area (TPSA) is 144 Å². The minimum Gasteiger partial charge on any atom is -0.481 e. The van der Waals surface area contributed by atoms with Gasteiger partial charge in [0.25, 0.3) is 0 Å². The second kappa shape index (κ2) is 16.7. The number of carbonyl (C=O) groups excluding carboxylic acids is 1. The smallest absolute Gasteiger partial charge is 0.303 e. The van der Waals surface area contributed by atoms with Gasteiger partial charge in [0.05, 0.1) is 31.4 Å². The maximum absolute atomic E-state index is 11.5. The monoisotopic (exact) mass is 745 g/mol. The van der Waals surface area contributed by atoms with Crippen LogP contribution < -0.4 is 30.2 Å². The second-order valence-electron chi connectivity index (χ2n) is 12.8. The highest BCUT2D eigenvalue weighted by molar-refractivity contribution is 6.36. The lowest BCUT2D eigenvalue weighted by Crippen LogP contribution is -2.35. The number of hydrogen-bond donors (Lipinski definition) is 4. The number of carboxylic acids is 1. The molecule has 1 amide bonds. The fourth-order valence-electron chi connectivity index (χ4n) is 6.65. The number of hydrogen-bond acceptors (Lipinski definition) is 9. The van der Waals surface area contributed by atoms with Crippen molar-refractivity contribution >= 4 is 35.1 Å². The molecule has 0 radical (unpaired) electrons. The average Bonchev–Trinajstić information content (AvgIpc) is 3.76. The van der Waals surface area contributed by atoms with E-state index in [1.165, 1.54) is 7.11 Å². The lowest BCUT2D eigenvalue weighted by Gasteiger charge is -2.18. The van der Waals surface area contributed by atoms with Crippen LogP contribution in [-0.2, 0) is 29.1 Å². The predicted octanol–water partition coefficient (Wildman–Crippen LogP) is 7.04. The van der Waals surface area contributed by atoms with E-state index in [2.05, 4.69) is 39.6 Å². The van der Waals surface area contributed by atoms with Gasteiger partial charge in [-0.15, -0.1) is 0 Å². The normalized spacial score (nSPS) is 16.3. The van der Waals surface area contributed by atoms with E-state index in [0.717, 1.165) is 52.6 Å². The Hall–Kier alpha value is -4.84. The molecule has 0 unspecified atom stereocenters. The molecule has 2 aromatic heterocycles. The van der Waals surface area contributed by atoms with E-state index in [4.69, 9.17) is 47.5 Å². The highest BCUT2D eigenvalue weighted by Crippen LogP contribution is 2.44. The number of halogens is 2. The van der Waals surface area contributed by atoms with Crippen LogP contribution in [-0.4, -0.2) is 53.8 Å². The molecule has 11 nitrogen and oxygen atoms in total. The number of aromatic nitrogens is 2. The number of nitrogens with zero attached hydrogens (tertiary/aromatic N) is 2. The van der Waals surface area contributed by atoms with Gasteiger partial charge in [0.15, 0.2) is 0 Å². The van der Waals surface area contributed by atoms with Crippen LogP contribution in [0.1, 0.15) is 60.5 Å². The van der Waals surface area contributed by atoms with Crippen LogP contribution in [0.5, 0.6) is 17.6 Å². The first kappa shape index (κ1) is 36.9. The minimum atomic E-state index is -0.887. The van der Waals surface area contributed by atoms with Gasteiger partial charge >= 0.3 is 5.97 Å². The molecule has 2 atom stereocenters. The van der Waals surface area contributed by atoms with Crippen molar-refractivity contribution in [3.8, 4) is 40.0 Å². The number of fused-ring (bicyclic) bond motifs is 1. The lowest BCUT2D eigenvalue weighted by molar-refractivity contribution is -0.137. The first-order valence-electron chi connectivity index (χ1n) is 17.1. The molecule has 4 aromatic rings. The third kappa shape index (κ3) is 8.44. The number of methoxy groups -OCH3 is 2. The molecule has 1 aliphatic heterocycles. The van der Waals surface area contributed by atoms with Crippen LogP contribution in [0.4, 0.5) is 0 Å². The quantitative estimate of drug-likeness (QED) is 0.0943. The van der Waals surface area contributed by atoms with Crippen molar-refractivity contribution < 1.29 is 28.9 Å². The van der Waals surface area contributed by atoms with Crippen molar-refractivity contribution in [3.63, 3.8) is 0 Å². The Morgan fingerprint density at radius 3 is 2.42 bits per heavy atom. The van der Waals surface area contributed by atoms with Gasteiger partial charge in [-0.1, -0.05) is 72.2 Å². The van der Waals surface area contributed by atoms with Crippen LogP contribution in [0, 0.1) is 0 Å². The molecule has 6 rings (SSSR count). The highest BCUT2D eigenvalue weighted by Gasteiger charge is 2.29. The van der Waals surface area contributed by atoms with E-state index < -0.39 is 5.97 Å². The zero-order valence-electron chi connectivity index (χ0n) is 29.1. The van der Waals surface area contributed by atoms with Gasteiger partial charge in [-0.05, 0) is 54.5 Å². The van der Waals surface area contributed by atoms with Crippen LogP contribution in [0.15, 0.2) is 66.9 Å². The van der Waals surface area contributed by atoms with E-state index >= 15 is 0 Å². The van der Waals surface area contributed by atoms with Gasteiger partial charge in [-0.2, -0.15) is 4.98 Å². The Morgan fingerprint density at radius 2 is 1.67 bits per heavy atom. The Labute approximate surface area is 312 Å². The number of nitrogens with one attached hydrogen (secondary N) is 3. The van der Waals surface area contributed by atoms with Crippen molar-refractivity contribution in [2.45, 2.75) is 63.8 Å². The molecule has 52 heavy (non-hydrogen) atoms. The summed E-state index contributed by atoms with van der Waals surface area (Å²) in [6.45, 7) is 5.44. The number of aliphatic carboxylic acids is 1. The molecule has 0 spiro atoms. The van der Waals surface area contributed by atoms with E-state index in [1.807, 2.05) is 36.4 Å². The Kier molecular flexibility index (Phi) is 11.8. The zero-order chi connectivity index (χ0) is 36.8. The maximum atomic E-state index is 11.5. The molecular formula is C39H41Cl2N5O6. The fourth-order valence-corrected chi connectivity index (χ4v) is 7.20. The van der Waals surface area contributed by atoms with Crippen molar-refractivity contribution in [3.05, 3.63) is 99.2 Å². The van der Waals surface area contributed by atoms with E-state index in [1.54, 1.807) is 13.2 Å². The van der Waals surface area contributed by atoms with Gasteiger partial charge in [-0.25, -0.2) is 4.98 Å². The third-order valence-corrected chi connectivity index (χ3v) is 9.98. The largest absolute Gasteiger partial charge is 0.481 e. The third-order valence-electron chi connectivity index (χ3n) is 9.30. The molecule has 1 fully saturated rings. The van der Waals surface area contributed by atoms with Crippen LogP contribution >= 0.6 is 23.2 Å². The molecule has 0 saturated carbocycles. The minimum absolute atomic E-state index is 0.0131. The molecule has 1 aliphatic carbocycles. The Morgan fingerprint density at radius 1 is 0.923 bits per heavy atom. The van der Waals surface area contributed by atoms with Gasteiger partial charge in [0, 0.05) is 60.0 Å². The second-order valence-corrected chi connectivity index (χ2v) is 13.6. The zero-order valence-corrected chi connectivity index (χ0v) is 30.6. The van der Waals surface area contributed by atoms with Crippen molar-refractivity contribution in [2.75, 3.05) is 20.8 Å². The van der Waals surface area contributed by atoms with Crippen LogP contribution in [0.3, 0.4) is 0 Å². The number of benzene rings is 2. The van der Waals surface area contributed by atoms with E-state index in [-0.39, 0.29) is 30.4 Å². The first-order valence-corrected chi connectivity index (χ1v) is 17.9. The summed E-state index contributed by atoms with van der Waals surface area (Å²) in [5.74, 6) is 0.333. The molecule has 13 heteroatoms. The number of ether oxygens (including phenoxy) is 3. The van der Waals surface area contributed by atoms with Crippen molar-refractivity contribution in [1.29, 1.82) is 0 Å². The van der Waals surface area contributed by atoms with Gasteiger partial charge in [0.1, 0.15) is 11.1 Å². The summed E-state index contributed by atoms with van der Waals surface area (Å²) in [6.07, 6.45) is 2.89. The molecule has 4 N–H and O–H groups in total. The molecule has 2 aliphatic rings. The summed E-state index contributed by atoms with van der Waals surface area (Å²) >= 11 is 13.8.